The van der Waals surface area contributed by atoms with Crippen LogP contribution < -0.4 is 15.5 Å². The molecule has 32 heavy (non-hydrogen) atoms. The van der Waals surface area contributed by atoms with Crippen LogP contribution in [0.25, 0.3) is 0 Å². The molecule has 0 radical (unpaired) electrons. The van der Waals surface area contributed by atoms with Crippen molar-refractivity contribution in [2.24, 2.45) is 0 Å². The number of pyridine rings is 1. The summed E-state index contributed by atoms with van der Waals surface area (Å²) in [6, 6.07) is 7.10. The number of hydrogen-bond donors (Lipinski definition) is 2. The van der Waals surface area contributed by atoms with E-state index in [1.807, 2.05) is 13.8 Å². The van der Waals surface area contributed by atoms with Crippen molar-refractivity contribution in [3.63, 3.8) is 0 Å². The molecule has 1 aliphatic rings. The molecule has 0 aliphatic carbocycles. The van der Waals surface area contributed by atoms with Crippen molar-refractivity contribution < 1.29 is 22.8 Å². The van der Waals surface area contributed by atoms with Crippen molar-refractivity contribution in [2.45, 2.75) is 26.1 Å². The predicted octanol–water partition coefficient (Wildman–Crippen LogP) is 4.25. The van der Waals surface area contributed by atoms with Gasteiger partial charge in [-0.1, -0.05) is 23.7 Å². The maximum atomic E-state index is 13.1. The summed E-state index contributed by atoms with van der Waals surface area (Å²) in [5.41, 5.74) is -0.165. The van der Waals surface area contributed by atoms with Gasteiger partial charge in [0.05, 0.1) is 21.8 Å². The van der Waals surface area contributed by atoms with Gasteiger partial charge in [0.2, 0.25) is 0 Å². The summed E-state index contributed by atoms with van der Waals surface area (Å²) < 4.78 is 38.5. The first-order valence-corrected chi connectivity index (χ1v) is 10.4. The minimum Gasteiger partial charge on any atom is -0.352 e. The Kier molecular flexibility index (Phi) is 7.12. The summed E-state index contributed by atoms with van der Waals surface area (Å²) >= 11 is 6.04. The van der Waals surface area contributed by atoms with E-state index in [4.69, 9.17) is 11.6 Å². The second-order valence-corrected chi connectivity index (χ2v) is 8.01. The zero-order chi connectivity index (χ0) is 23.5. The summed E-state index contributed by atoms with van der Waals surface area (Å²) in [6.45, 7) is 5.01. The summed E-state index contributed by atoms with van der Waals surface area (Å²) in [7, 11) is 0. The second-order valence-electron chi connectivity index (χ2n) is 7.61. The monoisotopic (exact) mass is 469 g/mol. The number of urea groups is 1. The van der Waals surface area contributed by atoms with Crippen LogP contribution in [0.5, 0.6) is 0 Å². The van der Waals surface area contributed by atoms with Crippen LogP contribution in [0.4, 0.5) is 29.5 Å². The molecule has 172 valence electrons. The Hall–Kier alpha value is -3.01. The van der Waals surface area contributed by atoms with Gasteiger partial charge in [-0.3, -0.25) is 4.79 Å². The molecule has 0 bridgehead atoms. The van der Waals surface area contributed by atoms with Crippen LogP contribution in [-0.2, 0) is 6.18 Å². The molecule has 2 aromatic rings. The lowest BCUT2D eigenvalue weighted by atomic mass is 10.1. The van der Waals surface area contributed by atoms with Gasteiger partial charge < -0.3 is 20.4 Å². The van der Waals surface area contributed by atoms with Gasteiger partial charge in [-0.25, -0.2) is 9.78 Å². The van der Waals surface area contributed by atoms with Crippen molar-refractivity contribution >= 4 is 35.0 Å². The van der Waals surface area contributed by atoms with Crippen LogP contribution in [0.3, 0.4) is 0 Å². The Morgan fingerprint density at radius 2 is 1.78 bits per heavy atom. The quantitative estimate of drug-likeness (QED) is 0.702. The van der Waals surface area contributed by atoms with E-state index in [1.54, 1.807) is 34.1 Å². The smallest absolute Gasteiger partial charge is 0.352 e. The minimum atomic E-state index is -4.52. The van der Waals surface area contributed by atoms with E-state index in [0.717, 1.165) is 12.3 Å². The van der Waals surface area contributed by atoms with Gasteiger partial charge in [0.25, 0.3) is 5.91 Å². The average molecular weight is 470 g/mol. The number of amides is 3. The van der Waals surface area contributed by atoms with Crippen LogP contribution in [-0.4, -0.2) is 54.0 Å². The van der Waals surface area contributed by atoms with Crippen LogP contribution in [0, 0.1) is 0 Å². The third-order valence-corrected chi connectivity index (χ3v) is 5.12. The van der Waals surface area contributed by atoms with Crippen LogP contribution in [0.15, 0.2) is 36.5 Å². The third kappa shape index (κ3) is 5.61. The van der Waals surface area contributed by atoms with E-state index < -0.39 is 17.8 Å². The number of piperazine rings is 1. The number of halogens is 4. The number of rotatable bonds is 4. The highest BCUT2D eigenvalue weighted by atomic mass is 35.5. The lowest BCUT2D eigenvalue weighted by Crippen LogP contribution is -2.49. The Balaban J connectivity index is 1.67. The van der Waals surface area contributed by atoms with E-state index in [2.05, 4.69) is 15.6 Å². The van der Waals surface area contributed by atoms with Gasteiger partial charge >= 0.3 is 12.2 Å². The van der Waals surface area contributed by atoms with E-state index in [0.29, 0.717) is 37.4 Å². The zero-order valence-corrected chi connectivity index (χ0v) is 18.3. The van der Waals surface area contributed by atoms with Crippen LogP contribution in [0.2, 0.25) is 5.02 Å². The van der Waals surface area contributed by atoms with Crippen LogP contribution in [0.1, 0.15) is 29.8 Å². The highest BCUT2D eigenvalue weighted by Crippen LogP contribution is 2.33. The highest BCUT2D eigenvalue weighted by Gasteiger charge is 2.32. The summed E-state index contributed by atoms with van der Waals surface area (Å²) in [6.07, 6.45) is -3.77. The van der Waals surface area contributed by atoms with Gasteiger partial charge in [0, 0.05) is 38.4 Å². The lowest BCUT2D eigenvalue weighted by molar-refractivity contribution is -0.137. The fourth-order valence-electron chi connectivity index (χ4n) is 3.31. The number of benzene rings is 1. The molecule has 1 aromatic heterocycles. The highest BCUT2D eigenvalue weighted by molar-refractivity contribution is 6.33. The Labute approximate surface area is 188 Å². The summed E-state index contributed by atoms with van der Waals surface area (Å²) in [5, 5.41) is 5.31. The molecule has 1 aliphatic heterocycles. The summed E-state index contributed by atoms with van der Waals surface area (Å²) in [4.78, 5) is 32.4. The average Bonchev–Trinajstić information content (AvgIpc) is 2.72. The van der Waals surface area contributed by atoms with Crippen molar-refractivity contribution in [3.05, 3.63) is 52.7 Å². The molecule has 1 fully saturated rings. The standard InChI is InChI=1S/C21H23ClF3N5O2/c1-13(2)27-20(32)28-17-6-4-3-5-15(17)19(31)30-9-7-29(8-10-30)18-16(22)11-14(12-26-18)21(23,24)25/h3-6,11-13H,7-10H2,1-2H3,(H2,27,28,32). The first-order chi connectivity index (χ1) is 15.1. The van der Waals surface area contributed by atoms with E-state index in [-0.39, 0.29) is 22.8 Å². The largest absolute Gasteiger partial charge is 0.417 e. The molecular formula is C21H23ClF3N5O2. The molecule has 1 saturated heterocycles. The number of anilines is 2. The molecular weight excluding hydrogens is 447 g/mol. The molecule has 2 heterocycles. The number of carbonyl (C=O) groups is 2. The van der Waals surface area contributed by atoms with Crippen molar-refractivity contribution in [1.82, 2.24) is 15.2 Å². The second kappa shape index (κ2) is 9.64. The normalized spacial score (nSPS) is 14.5. The Bertz CT molecular complexity index is 992. The molecule has 11 heteroatoms. The molecule has 0 unspecified atom stereocenters. The number of aromatic nitrogens is 1. The number of nitrogens with one attached hydrogen (secondary N) is 2. The Morgan fingerprint density at radius 3 is 2.38 bits per heavy atom. The molecule has 3 amide bonds. The van der Waals surface area contributed by atoms with Gasteiger partial charge in [0.15, 0.2) is 0 Å². The molecule has 1 aromatic carbocycles. The number of alkyl halides is 3. The van der Waals surface area contributed by atoms with Gasteiger partial charge in [0.1, 0.15) is 5.82 Å². The summed E-state index contributed by atoms with van der Waals surface area (Å²) in [5.74, 6) is -0.00392. The Morgan fingerprint density at radius 1 is 1.12 bits per heavy atom. The first-order valence-electron chi connectivity index (χ1n) is 9.99. The molecule has 2 N–H and O–H groups in total. The first kappa shape index (κ1) is 23.6. The molecule has 7 nitrogen and oxygen atoms in total. The zero-order valence-electron chi connectivity index (χ0n) is 17.5. The SMILES string of the molecule is CC(C)NC(=O)Nc1ccccc1C(=O)N1CCN(c2ncc(C(F)(F)F)cc2Cl)CC1. The number of para-hydroxylation sites is 1. The topological polar surface area (TPSA) is 77.6 Å². The van der Waals surface area contributed by atoms with Gasteiger partial charge in [-0.15, -0.1) is 0 Å². The van der Waals surface area contributed by atoms with E-state index >= 15 is 0 Å². The van der Waals surface area contributed by atoms with Crippen molar-refractivity contribution in [2.75, 3.05) is 36.4 Å². The molecule has 0 spiro atoms. The molecule has 0 saturated carbocycles. The number of carbonyl (C=O) groups excluding carboxylic acids is 2. The fraction of sp³-hybridized carbons (Fsp3) is 0.381. The maximum Gasteiger partial charge on any atom is 0.417 e. The van der Waals surface area contributed by atoms with E-state index in [9.17, 15) is 22.8 Å². The van der Waals surface area contributed by atoms with Gasteiger partial charge in [-0.05, 0) is 32.0 Å². The van der Waals surface area contributed by atoms with Crippen molar-refractivity contribution in [1.29, 1.82) is 0 Å². The van der Waals surface area contributed by atoms with Gasteiger partial charge in [-0.2, -0.15) is 13.2 Å². The predicted molar refractivity (Wildman–Crippen MR) is 116 cm³/mol. The number of nitrogens with zero attached hydrogens (tertiary/aromatic N) is 3. The maximum absolute atomic E-state index is 13.1. The lowest BCUT2D eigenvalue weighted by Gasteiger charge is -2.36. The van der Waals surface area contributed by atoms with Crippen molar-refractivity contribution in [3.8, 4) is 0 Å². The molecule has 3 rings (SSSR count). The van der Waals surface area contributed by atoms with Crippen LogP contribution >= 0.6 is 11.6 Å². The fourth-order valence-corrected chi connectivity index (χ4v) is 3.60. The number of hydrogen-bond acceptors (Lipinski definition) is 4. The van der Waals surface area contributed by atoms with E-state index in [1.165, 1.54) is 0 Å². The minimum absolute atomic E-state index is 0.0587. The third-order valence-electron chi connectivity index (χ3n) is 4.84. The molecule has 0 atom stereocenters.